The first kappa shape index (κ1) is 35.1. The molecule has 2 aromatic heterocycles. The van der Waals surface area contributed by atoms with Gasteiger partial charge in [-0.3, -0.25) is 4.90 Å². The zero-order valence-corrected chi connectivity index (χ0v) is 29.7. The number of hydrogen-bond acceptors (Lipinski definition) is 15. The molecule has 272 valence electrons. The zero-order valence-electron chi connectivity index (χ0n) is 29.7. The van der Waals surface area contributed by atoms with Gasteiger partial charge in [0.25, 0.3) is 0 Å². The zero-order chi connectivity index (χ0) is 35.5. The molecule has 2 aromatic rings. The number of piperazine rings is 1. The molecule has 0 spiro atoms. The van der Waals surface area contributed by atoms with Crippen LogP contribution >= 0.6 is 0 Å². The summed E-state index contributed by atoms with van der Waals surface area (Å²) in [6.45, 7) is 16.3. The number of hydrazone groups is 2. The molecule has 0 bridgehead atoms. The Morgan fingerprint density at radius 1 is 0.940 bits per heavy atom. The van der Waals surface area contributed by atoms with Crippen molar-refractivity contribution in [1.82, 2.24) is 51.0 Å². The molecule has 50 heavy (non-hydrogen) atoms. The highest BCUT2D eigenvalue weighted by Gasteiger charge is 2.36. The number of tetrazole rings is 1. The number of rotatable bonds is 7. The van der Waals surface area contributed by atoms with Gasteiger partial charge in [-0.05, 0) is 66.9 Å². The Hall–Kier alpha value is -4.78. The SMILES string of the molecule is CC(C)(C)OC(=O)N1CCCC(Oc2ccc3nnnn3[n+]2C2=CC(OCCCN3CCN(C(=O)OC(C)(C)C)CC3)=NN3NNN=C23)CC1. The van der Waals surface area contributed by atoms with E-state index < -0.39 is 11.2 Å². The van der Waals surface area contributed by atoms with E-state index in [4.69, 9.17) is 18.9 Å². The molecule has 1 unspecified atom stereocenters. The van der Waals surface area contributed by atoms with Crippen LogP contribution in [0.3, 0.4) is 0 Å². The highest BCUT2D eigenvalue weighted by Crippen LogP contribution is 2.22. The van der Waals surface area contributed by atoms with E-state index in [0.717, 1.165) is 38.9 Å². The molecule has 0 aromatic carbocycles. The van der Waals surface area contributed by atoms with Gasteiger partial charge in [-0.15, -0.1) is 20.9 Å². The number of amidine groups is 1. The Kier molecular flexibility index (Phi) is 10.2. The van der Waals surface area contributed by atoms with Crippen molar-refractivity contribution >= 4 is 35.3 Å². The Morgan fingerprint density at radius 2 is 1.66 bits per heavy atom. The molecule has 19 nitrogen and oxygen atoms in total. The van der Waals surface area contributed by atoms with E-state index >= 15 is 0 Å². The molecule has 1 atom stereocenters. The van der Waals surface area contributed by atoms with Crippen LogP contribution in [0.15, 0.2) is 28.4 Å². The molecule has 19 heteroatoms. The Bertz CT molecular complexity index is 1640. The number of nitrogens with zero attached hydrogens (tertiary/aromatic N) is 11. The van der Waals surface area contributed by atoms with Crippen LogP contribution in [-0.4, -0.2) is 134 Å². The molecule has 4 aliphatic heterocycles. The summed E-state index contributed by atoms with van der Waals surface area (Å²) < 4.78 is 27.1. The van der Waals surface area contributed by atoms with Crippen molar-refractivity contribution in [1.29, 1.82) is 0 Å². The first-order chi connectivity index (χ1) is 23.8. The minimum atomic E-state index is -0.563. The molecule has 2 amide bonds. The maximum Gasteiger partial charge on any atom is 0.410 e. The lowest BCUT2D eigenvalue weighted by atomic mass is 10.1. The van der Waals surface area contributed by atoms with E-state index in [1.54, 1.807) is 26.6 Å². The fourth-order valence-corrected chi connectivity index (χ4v) is 5.86. The van der Waals surface area contributed by atoms with E-state index in [9.17, 15) is 9.59 Å². The second kappa shape index (κ2) is 14.6. The molecular formula is C31H48N13O6+. The van der Waals surface area contributed by atoms with Crippen LogP contribution in [-0.2, 0) is 14.2 Å². The molecule has 2 saturated heterocycles. The van der Waals surface area contributed by atoms with E-state index in [1.165, 1.54) is 9.75 Å². The summed E-state index contributed by atoms with van der Waals surface area (Å²) in [5.74, 6) is 1.29. The maximum atomic E-state index is 12.7. The molecule has 6 rings (SSSR count). The highest BCUT2D eigenvalue weighted by atomic mass is 16.6. The van der Waals surface area contributed by atoms with Gasteiger partial charge in [0.15, 0.2) is 0 Å². The van der Waals surface area contributed by atoms with Crippen LogP contribution in [0.2, 0.25) is 0 Å². The fraction of sp³-hybridized carbons (Fsp3) is 0.677. The number of carbonyl (C=O) groups excluding carboxylic acids is 2. The van der Waals surface area contributed by atoms with Crippen molar-refractivity contribution in [3.8, 4) is 5.88 Å². The van der Waals surface area contributed by atoms with Gasteiger partial charge in [-0.2, -0.15) is 0 Å². The van der Waals surface area contributed by atoms with Gasteiger partial charge >= 0.3 is 18.1 Å². The van der Waals surface area contributed by atoms with Crippen LogP contribution < -0.4 is 20.5 Å². The quantitative estimate of drug-likeness (QED) is 0.313. The Labute approximate surface area is 290 Å². The molecule has 0 radical (unpaired) electrons. The predicted molar refractivity (Wildman–Crippen MR) is 179 cm³/mol. The summed E-state index contributed by atoms with van der Waals surface area (Å²) in [5.41, 5.74) is 5.63. The number of fused-ring (bicyclic) bond motifs is 2. The van der Waals surface area contributed by atoms with Gasteiger partial charge in [-0.25, -0.2) is 15.1 Å². The molecule has 0 aliphatic carbocycles. The first-order valence-electron chi connectivity index (χ1n) is 17.1. The van der Waals surface area contributed by atoms with Crippen molar-refractivity contribution < 1.29 is 33.2 Å². The lowest BCUT2D eigenvalue weighted by Gasteiger charge is -2.35. The van der Waals surface area contributed by atoms with Gasteiger partial charge in [0.05, 0.1) is 12.7 Å². The smallest absolute Gasteiger partial charge is 0.410 e. The topological polar surface area (TPSA) is 180 Å². The third-order valence-corrected chi connectivity index (χ3v) is 8.19. The van der Waals surface area contributed by atoms with Gasteiger partial charge < -0.3 is 28.7 Å². The third kappa shape index (κ3) is 8.68. The van der Waals surface area contributed by atoms with Gasteiger partial charge in [0.2, 0.25) is 28.3 Å². The highest BCUT2D eigenvalue weighted by molar-refractivity contribution is 6.20. The summed E-state index contributed by atoms with van der Waals surface area (Å²) in [6, 6.07) is 3.60. The fourth-order valence-electron chi connectivity index (χ4n) is 5.86. The van der Waals surface area contributed by atoms with Crippen LogP contribution in [0.5, 0.6) is 5.88 Å². The largest absolute Gasteiger partial charge is 0.476 e. The van der Waals surface area contributed by atoms with Crippen LogP contribution in [0.25, 0.3) is 11.3 Å². The standard InChI is InChI=1S/C31H47N13O6/c1-30(2,3)49-28(45)40-14-7-9-22(12-15-40)48-26-11-10-24-32-35-38-44(24)42(26)23-21-25(34-43-27(23)33-36-37-43)47-20-8-13-39-16-18-41(19-17-39)29(46)50-31(4,5)6/h10-11,21-22H,7-9,12-20H2,1-6H3,(H,32,38)/p+1. The van der Waals surface area contributed by atoms with Crippen molar-refractivity contribution in [3.05, 3.63) is 18.2 Å². The van der Waals surface area contributed by atoms with Crippen molar-refractivity contribution in [2.75, 3.05) is 52.4 Å². The van der Waals surface area contributed by atoms with E-state index in [-0.39, 0.29) is 18.3 Å². The van der Waals surface area contributed by atoms with Crippen molar-refractivity contribution in [2.45, 2.75) is 84.5 Å². The summed E-state index contributed by atoms with van der Waals surface area (Å²) in [6.07, 6.45) is 3.89. The van der Waals surface area contributed by atoms with Gasteiger partial charge in [0.1, 0.15) is 22.5 Å². The van der Waals surface area contributed by atoms with Gasteiger partial charge in [0, 0.05) is 62.9 Å². The lowest BCUT2D eigenvalue weighted by molar-refractivity contribution is -0.666. The van der Waals surface area contributed by atoms with Crippen molar-refractivity contribution in [3.63, 3.8) is 0 Å². The molecular weight excluding hydrogens is 650 g/mol. The van der Waals surface area contributed by atoms with Crippen molar-refractivity contribution in [2.24, 2.45) is 10.2 Å². The minimum absolute atomic E-state index is 0.180. The predicted octanol–water partition coefficient (Wildman–Crippen LogP) is 1.35. The summed E-state index contributed by atoms with van der Waals surface area (Å²) in [7, 11) is 0. The monoisotopic (exact) mass is 698 g/mol. The van der Waals surface area contributed by atoms with Crippen LogP contribution in [0.4, 0.5) is 9.59 Å². The first-order valence-corrected chi connectivity index (χ1v) is 17.1. The number of hydrazine groups is 2. The molecule has 2 N–H and O–H groups in total. The second-order valence-electron chi connectivity index (χ2n) is 14.5. The average Bonchev–Trinajstić information content (AvgIpc) is 3.66. The second-order valence-corrected chi connectivity index (χ2v) is 14.5. The van der Waals surface area contributed by atoms with E-state index in [0.29, 0.717) is 68.2 Å². The third-order valence-electron chi connectivity index (χ3n) is 8.19. The van der Waals surface area contributed by atoms with E-state index in [1.807, 2.05) is 47.6 Å². The van der Waals surface area contributed by atoms with Gasteiger partial charge in [-0.1, -0.05) is 9.78 Å². The summed E-state index contributed by atoms with van der Waals surface area (Å²) in [5, 5.41) is 22.7. The number of nitrogens with one attached hydrogen (secondary N) is 2. The molecule has 6 heterocycles. The normalized spacial score (nSPS) is 20.3. The number of hydrogen-bond donors (Lipinski definition) is 2. The van der Waals surface area contributed by atoms with Crippen LogP contribution in [0.1, 0.15) is 67.2 Å². The summed E-state index contributed by atoms with van der Waals surface area (Å²) >= 11 is 0. The Balaban J connectivity index is 1.11. The molecule has 0 saturated carbocycles. The number of likely N-dealkylation sites (tertiary alicyclic amines) is 1. The number of amides is 2. The number of aromatic nitrogens is 5. The summed E-state index contributed by atoms with van der Waals surface area (Å²) in [4.78, 5) is 31.0. The molecule has 2 fully saturated rings. The number of ether oxygens (including phenoxy) is 4. The van der Waals surface area contributed by atoms with Crippen LogP contribution in [0, 0.1) is 0 Å². The lowest BCUT2D eigenvalue weighted by Crippen LogP contribution is -2.52. The molecule has 4 aliphatic rings. The Morgan fingerprint density at radius 3 is 2.38 bits per heavy atom. The average molecular weight is 699 g/mol. The number of carbonyl (C=O) groups is 2. The maximum absolute atomic E-state index is 12.7. The minimum Gasteiger partial charge on any atom is -0.476 e. The van der Waals surface area contributed by atoms with E-state index in [2.05, 4.69) is 41.7 Å².